The second kappa shape index (κ2) is 7.53. The van der Waals surface area contributed by atoms with Gasteiger partial charge in [-0.25, -0.2) is 0 Å². The van der Waals surface area contributed by atoms with Gasteiger partial charge >= 0.3 is 5.97 Å². The Balaban J connectivity index is 2.26. The molecule has 4 nitrogen and oxygen atoms in total. The fourth-order valence-electron chi connectivity index (χ4n) is 2.06. The minimum atomic E-state index is -0.368. The molecule has 0 atom stereocenters. The molecular formula is C15H27NO3. The highest BCUT2D eigenvalue weighted by atomic mass is 16.5. The predicted octanol–water partition coefficient (Wildman–Crippen LogP) is 2.98. The molecule has 0 aromatic heterocycles. The van der Waals surface area contributed by atoms with Crippen LogP contribution in [0.15, 0.2) is 12.8 Å². The molecule has 0 bridgehead atoms. The van der Waals surface area contributed by atoms with Gasteiger partial charge in [-0.05, 0) is 46.0 Å². The van der Waals surface area contributed by atoms with Gasteiger partial charge in [-0.15, -0.1) is 0 Å². The summed E-state index contributed by atoms with van der Waals surface area (Å²) in [7, 11) is 0. The van der Waals surface area contributed by atoms with Crippen molar-refractivity contribution in [3.05, 3.63) is 12.8 Å². The normalized spacial score (nSPS) is 23.7. The Labute approximate surface area is 116 Å². The quantitative estimate of drug-likeness (QED) is 0.334. The highest BCUT2D eigenvalue weighted by molar-refractivity contribution is 5.75. The summed E-state index contributed by atoms with van der Waals surface area (Å²) in [6.45, 7) is 9.90. The van der Waals surface area contributed by atoms with Crippen molar-refractivity contribution in [3.8, 4) is 0 Å². The van der Waals surface area contributed by atoms with Crippen LogP contribution < -0.4 is 5.32 Å². The monoisotopic (exact) mass is 269 g/mol. The van der Waals surface area contributed by atoms with Crippen molar-refractivity contribution in [1.82, 2.24) is 5.32 Å². The van der Waals surface area contributed by atoms with Crippen molar-refractivity contribution in [2.45, 2.75) is 65.0 Å². The zero-order valence-corrected chi connectivity index (χ0v) is 12.4. The standard InChI is InChI=1S/C15H27NO3/c1-5-15(3,4)14(17)19-13-9-7-12(8-10-13)16-11-18-6-2/h6,12-13,16H,2,5,7-11H2,1,3-4H3. The third-order valence-corrected chi connectivity index (χ3v) is 3.96. The van der Waals surface area contributed by atoms with E-state index >= 15 is 0 Å². The fraction of sp³-hybridized carbons (Fsp3) is 0.800. The fourth-order valence-corrected chi connectivity index (χ4v) is 2.06. The van der Waals surface area contributed by atoms with Gasteiger partial charge < -0.3 is 9.47 Å². The number of nitrogens with one attached hydrogen (secondary N) is 1. The number of carbonyl (C=O) groups is 1. The van der Waals surface area contributed by atoms with E-state index in [4.69, 9.17) is 9.47 Å². The van der Waals surface area contributed by atoms with Gasteiger partial charge in [-0.3, -0.25) is 10.1 Å². The van der Waals surface area contributed by atoms with Gasteiger partial charge in [0.25, 0.3) is 0 Å². The van der Waals surface area contributed by atoms with Crippen LogP contribution in [0.25, 0.3) is 0 Å². The molecule has 0 amide bonds. The Morgan fingerprint density at radius 3 is 2.53 bits per heavy atom. The SMILES string of the molecule is C=COCNC1CCC(OC(=O)C(C)(C)CC)CC1. The van der Waals surface area contributed by atoms with Gasteiger partial charge in [-0.2, -0.15) is 0 Å². The summed E-state index contributed by atoms with van der Waals surface area (Å²) in [6.07, 6.45) is 6.22. The maximum atomic E-state index is 12.0. The first-order valence-electron chi connectivity index (χ1n) is 7.16. The lowest BCUT2D eigenvalue weighted by molar-refractivity contribution is -0.161. The van der Waals surface area contributed by atoms with Crippen molar-refractivity contribution in [2.75, 3.05) is 6.73 Å². The summed E-state index contributed by atoms with van der Waals surface area (Å²) in [5, 5.41) is 3.30. The maximum absolute atomic E-state index is 12.0. The van der Waals surface area contributed by atoms with E-state index in [1.165, 1.54) is 6.26 Å². The molecule has 0 spiro atoms. The Bertz CT molecular complexity index is 294. The lowest BCUT2D eigenvalue weighted by Gasteiger charge is -2.31. The Kier molecular flexibility index (Phi) is 6.35. The van der Waals surface area contributed by atoms with E-state index < -0.39 is 0 Å². The van der Waals surface area contributed by atoms with Gasteiger partial charge in [0.1, 0.15) is 12.8 Å². The number of esters is 1. The first kappa shape index (κ1) is 16.0. The highest BCUT2D eigenvalue weighted by Crippen LogP contribution is 2.27. The van der Waals surface area contributed by atoms with E-state index in [1.54, 1.807) is 0 Å². The van der Waals surface area contributed by atoms with Gasteiger partial charge in [-0.1, -0.05) is 13.5 Å². The summed E-state index contributed by atoms with van der Waals surface area (Å²) in [4.78, 5) is 12.0. The second-order valence-electron chi connectivity index (χ2n) is 5.80. The number of rotatable bonds is 7. The van der Waals surface area contributed by atoms with Crippen molar-refractivity contribution >= 4 is 5.97 Å². The highest BCUT2D eigenvalue weighted by Gasteiger charge is 2.31. The molecule has 0 heterocycles. The van der Waals surface area contributed by atoms with Gasteiger partial charge in [0, 0.05) is 6.04 Å². The summed E-state index contributed by atoms with van der Waals surface area (Å²) in [6, 6.07) is 0.453. The van der Waals surface area contributed by atoms with Crippen LogP contribution in [0.1, 0.15) is 52.9 Å². The third-order valence-electron chi connectivity index (χ3n) is 3.96. The topological polar surface area (TPSA) is 47.6 Å². The molecule has 19 heavy (non-hydrogen) atoms. The van der Waals surface area contributed by atoms with Gasteiger partial charge in [0.15, 0.2) is 0 Å². The first-order valence-corrected chi connectivity index (χ1v) is 7.16. The van der Waals surface area contributed by atoms with Gasteiger partial charge in [0.05, 0.1) is 11.7 Å². The van der Waals surface area contributed by atoms with Crippen molar-refractivity contribution in [3.63, 3.8) is 0 Å². The average Bonchev–Trinajstić information content (AvgIpc) is 2.41. The van der Waals surface area contributed by atoms with Crippen LogP contribution in [0.2, 0.25) is 0 Å². The predicted molar refractivity (Wildman–Crippen MR) is 75.5 cm³/mol. The lowest BCUT2D eigenvalue weighted by atomic mass is 9.89. The zero-order chi connectivity index (χ0) is 14.3. The molecule has 0 saturated heterocycles. The van der Waals surface area contributed by atoms with Crippen molar-refractivity contribution in [2.24, 2.45) is 5.41 Å². The Hall–Kier alpha value is -1.03. The molecular weight excluding hydrogens is 242 g/mol. The number of hydrogen-bond acceptors (Lipinski definition) is 4. The Morgan fingerprint density at radius 1 is 1.37 bits per heavy atom. The summed E-state index contributed by atoms with van der Waals surface area (Å²) >= 11 is 0. The summed E-state index contributed by atoms with van der Waals surface area (Å²) in [5.41, 5.74) is -0.368. The molecule has 110 valence electrons. The molecule has 1 fully saturated rings. The molecule has 1 aliphatic carbocycles. The summed E-state index contributed by atoms with van der Waals surface area (Å²) in [5.74, 6) is -0.0681. The number of ether oxygens (including phenoxy) is 2. The molecule has 0 aromatic rings. The van der Waals surface area contributed by atoms with E-state index in [0.717, 1.165) is 32.1 Å². The van der Waals surface area contributed by atoms with E-state index in [-0.39, 0.29) is 17.5 Å². The summed E-state index contributed by atoms with van der Waals surface area (Å²) < 4.78 is 10.7. The second-order valence-corrected chi connectivity index (χ2v) is 5.80. The average molecular weight is 269 g/mol. The number of carbonyl (C=O) groups excluding carboxylic acids is 1. The molecule has 0 aromatic carbocycles. The molecule has 0 aliphatic heterocycles. The smallest absolute Gasteiger partial charge is 0.311 e. The third kappa shape index (κ3) is 5.23. The van der Waals surface area contributed by atoms with Crippen LogP contribution in [0.4, 0.5) is 0 Å². The zero-order valence-electron chi connectivity index (χ0n) is 12.4. The van der Waals surface area contributed by atoms with E-state index in [1.807, 2.05) is 20.8 Å². The van der Waals surface area contributed by atoms with Crippen molar-refractivity contribution < 1.29 is 14.3 Å². The van der Waals surface area contributed by atoms with Crippen LogP contribution >= 0.6 is 0 Å². The van der Waals surface area contributed by atoms with Crippen molar-refractivity contribution in [1.29, 1.82) is 0 Å². The molecule has 1 saturated carbocycles. The van der Waals surface area contributed by atoms with E-state index in [9.17, 15) is 4.79 Å². The van der Waals surface area contributed by atoms with E-state index in [0.29, 0.717) is 12.8 Å². The Morgan fingerprint density at radius 2 is 2.00 bits per heavy atom. The minimum absolute atomic E-state index is 0.0681. The molecule has 1 aliphatic rings. The van der Waals surface area contributed by atoms with Crippen LogP contribution in [0.5, 0.6) is 0 Å². The number of hydrogen-bond donors (Lipinski definition) is 1. The van der Waals surface area contributed by atoms with Crippen LogP contribution in [-0.4, -0.2) is 24.8 Å². The largest absolute Gasteiger partial charge is 0.487 e. The van der Waals surface area contributed by atoms with Gasteiger partial charge in [0.2, 0.25) is 0 Å². The molecule has 0 radical (unpaired) electrons. The lowest BCUT2D eigenvalue weighted by Crippen LogP contribution is -2.38. The van der Waals surface area contributed by atoms with Crippen LogP contribution in [-0.2, 0) is 14.3 Å². The molecule has 1 N–H and O–H groups in total. The molecule has 1 rings (SSSR count). The van der Waals surface area contributed by atoms with Crippen LogP contribution in [0, 0.1) is 5.41 Å². The molecule has 0 unspecified atom stereocenters. The molecule has 4 heteroatoms. The first-order chi connectivity index (χ1) is 8.99. The maximum Gasteiger partial charge on any atom is 0.311 e. The minimum Gasteiger partial charge on any atom is -0.487 e. The van der Waals surface area contributed by atoms with E-state index in [2.05, 4.69) is 11.9 Å². The van der Waals surface area contributed by atoms with Crippen LogP contribution in [0.3, 0.4) is 0 Å².